The second-order valence-corrected chi connectivity index (χ2v) is 9.82. The van der Waals surface area contributed by atoms with Gasteiger partial charge in [-0.3, -0.25) is 4.79 Å². The molecule has 1 aliphatic carbocycles. The Kier molecular flexibility index (Phi) is 7.80. The van der Waals surface area contributed by atoms with Gasteiger partial charge in [0, 0.05) is 26.1 Å². The standard InChI is InChI=1S/C16H28N6O4S.ClH/c1-21(2)27(24,25)10-11-8-26-9-15(11)18-16(23)14-7-22(20-19-14)13-5-3-12(17)4-6-13;/h7,11-13,15H,3-6,8-10,17H2,1-2H3,(H,18,23);1H/t11-,12?,13?,15+;/m0./s1. The smallest absolute Gasteiger partial charge is 0.273 e. The number of ether oxygens (including phenoxy) is 1. The van der Waals surface area contributed by atoms with Crippen molar-refractivity contribution in [2.75, 3.05) is 33.1 Å². The summed E-state index contributed by atoms with van der Waals surface area (Å²) < 4.78 is 32.5. The summed E-state index contributed by atoms with van der Waals surface area (Å²) in [5, 5.41) is 10.9. The fraction of sp³-hybridized carbons (Fsp3) is 0.812. The van der Waals surface area contributed by atoms with Crippen LogP contribution in [0.5, 0.6) is 0 Å². The lowest BCUT2D eigenvalue weighted by Gasteiger charge is -2.25. The van der Waals surface area contributed by atoms with Crippen molar-refractivity contribution in [1.29, 1.82) is 0 Å². The lowest BCUT2D eigenvalue weighted by atomic mass is 9.92. The van der Waals surface area contributed by atoms with Gasteiger partial charge in [0.05, 0.1) is 37.2 Å². The zero-order valence-electron chi connectivity index (χ0n) is 16.2. The first kappa shape index (κ1) is 23.0. The number of nitrogens with zero attached hydrogens (tertiary/aromatic N) is 4. The highest BCUT2D eigenvalue weighted by molar-refractivity contribution is 7.89. The maximum atomic E-state index is 12.5. The van der Waals surface area contributed by atoms with Crippen LogP contribution in [-0.4, -0.2) is 78.8 Å². The molecule has 1 aliphatic heterocycles. The van der Waals surface area contributed by atoms with Crippen molar-refractivity contribution in [3.05, 3.63) is 11.9 Å². The summed E-state index contributed by atoms with van der Waals surface area (Å²) in [7, 11) is -0.380. The van der Waals surface area contributed by atoms with Crippen molar-refractivity contribution in [3.63, 3.8) is 0 Å². The number of nitrogens with two attached hydrogens (primary N) is 1. The van der Waals surface area contributed by atoms with Gasteiger partial charge in [-0.1, -0.05) is 5.21 Å². The molecule has 0 radical (unpaired) electrons. The minimum Gasteiger partial charge on any atom is -0.379 e. The molecule has 160 valence electrons. The second kappa shape index (κ2) is 9.49. The maximum Gasteiger partial charge on any atom is 0.273 e. The van der Waals surface area contributed by atoms with E-state index < -0.39 is 10.0 Å². The molecule has 2 heterocycles. The fourth-order valence-corrected chi connectivity index (χ4v) is 4.68. The molecule has 1 aromatic heterocycles. The van der Waals surface area contributed by atoms with E-state index in [2.05, 4.69) is 15.6 Å². The number of hydrogen-bond donors (Lipinski definition) is 2. The van der Waals surface area contributed by atoms with E-state index in [0.29, 0.717) is 6.61 Å². The summed E-state index contributed by atoms with van der Waals surface area (Å²) in [5.74, 6) is -0.729. The number of amides is 1. The van der Waals surface area contributed by atoms with Gasteiger partial charge in [-0.05, 0) is 25.7 Å². The quantitative estimate of drug-likeness (QED) is 0.629. The molecule has 0 spiro atoms. The molecule has 2 fully saturated rings. The number of halogens is 1. The average molecular weight is 437 g/mol. The summed E-state index contributed by atoms with van der Waals surface area (Å²) in [6.07, 6.45) is 5.37. The normalized spacial score (nSPS) is 28.1. The topological polar surface area (TPSA) is 132 Å². The highest BCUT2D eigenvalue weighted by Crippen LogP contribution is 2.26. The van der Waals surface area contributed by atoms with Crippen LogP contribution in [-0.2, 0) is 14.8 Å². The molecule has 1 amide bonds. The fourth-order valence-electron chi connectivity index (χ4n) is 3.51. The zero-order valence-corrected chi connectivity index (χ0v) is 17.8. The number of aromatic nitrogens is 3. The molecule has 1 aromatic rings. The molecule has 1 saturated heterocycles. The first-order valence-corrected chi connectivity index (χ1v) is 10.8. The summed E-state index contributed by atoms with van der Waals surface area (Å²) in [6, 6.07) is 0.0852. The van der Waals surface area contributed by atoms with Crippen molar-refractivity contribution < 1.29 is 17.9 Å². The van der Waals surface area contributed by atoms with Gasteiger partial charge >= 0.3 is 0 Å². The first-order chi connectivity index (χ1) is 12.8. The third kappa shape index (κ3) is 5.41. The molecule has 12 heteroatoms. The van der Waals surface area contributed by atoms with E-state index in [0.717, 1.165) is 25.7 Å². The van der Waals surface area contributed by atoms with Crippen LogP contribution in [0, 0.1) is 5.92 Å². The summed E-state index contributed by atoms with van der Waals surface area (Å²) in [6.45, 7) is 0.584. The maximum absolute atomic E-state index is 12.5. The predicted molar refractivity (Wildman–Crippen MR) is 106 cm³/mol. The average Bonchev–Trinajstić information content (AvgIpc) is 3.25. The molecule has 1 saturated carbocycles. The molecule has 28 heavy (non-hydrogen) atoms. The molecule has 0 aromatic carbocycles. The van der Waals surface area contributed by atoms with Crippen molar-refractivity contribution in [2.45, 2.75) is 43.8 Å². The minimum absolute atomic E-state index is 0. The summed E-state index contributed by atoms with van der Waals surface area (Å²) in [4.78, 5) is 12.5. The molecule has 2 atom stereocenters. The van der Waals surface area contributed by atoms with Gasteiger partial charge in [-0.25, -0.2) is 17.4 Å². The SMILES string of the molecule is CN(C)S(=O)(=O)C[C@@H]1COC[C@H]1NC(=O)c1cn(C2CCC(N)CC2)nn1.Cl. The van der Waals surface area contributed by atoms with E-state index >= 15 is 0 Å². The molecule has 3 N–H and O–H groups in total. The number of rotatable bonds is 6. The zero-order chi connectivity index (χ0) is 19.6. The van der Waals surface area contributed by atoms with Crippen molar-refractivity contribution in [2.24, 2.45) is 11.7 Å². The predicted octanol–water partition coefficient (Wildman–Crippen LogP) is -0.221. The van der Waals surface area contributed by atoms with E-state index in [1.54, 1.807) is 10.9 Å². The van der Waals surface area contributed by atoms with Gasteiger partial charge in [0.2, 0.25) is 10.0 Å². The Balaban J connectivity index is 0.00000280. The van der Waals surface area contributed by atoms with Gasteiger partial charge in [0.15, 0.2) is 5.69 Å². The van der Waals surface area contributed by atoms with Gasteiger partial charge in [-0.2, -0.15) is 0 Å². The van der Waals surface area contributed by atoms with Crippen LogP contribution in [0.4, 0.5) is 0 Å². The van der Waals surface area contributed by atoms with E-state index in [1.165, 1.54) is 18.4 Å². The van der Waals surface area contributed by atoms with Crippen molar-refractivity contribution in [3.8, 4) is 0 Å². The number of sulfonamides is 1. The summed E-state index contributed by atoms with van der Waals surface area (Å²) >= 11 is 0. The lowest BCUT2D eigenvalue weighted by molar-refractivity contribution is 0.0921. The minimum atomic E-state index is -3.37. The molecule has 0 unspecified atom stereocenters. The van der Waals surface area contributed by atoms with Crippen LogP contribution in [0.15, 0.2) is 6.20 Å². The van der Waals surface area contributed by atoms with Crippen LogP contribution in [0.25, 0.3) is 0 Å². The molecule has 0 bridgehead atoms. The third-order valence-corrected chi connectivity index (χ3v) is 7.32. The van der Waals surface area contributed by atoms with Crippen LogP contribution >= 0.6 is 12.4 Å². The lowest BCUT2D eigenvalue weighted by Crippen LogP contribution is -2.43. The van der Waals surface area contributed by atoms with Gasteiger partial charge in [-0.15, -0.1) is 17.5 Å². The van der Waals surface area contributed by atoms with Crippen LogP contribution < -0.4 is 11.1 Å². The Morgan fingerprint density at radius 3 is 2.64 bits per heavy atom. The number of carbonyl (C=O) groups is 1. The third-order valence-electron chi connectivity index (χ3n) is 5.35. The van der Waals surface area contributed by atoms with Crippen LogP contribution in [0.2, 0.25) is 0 Å². The number of hydrogen-bond acceptors (Lipinski definition) is 7. The first-order valence-electron chi connectivity index (χ1n) is 9.22. The Morgan fingerprint density at radius 2 is 2.00 bits per heavy atom. The molecule has 2 aliphatic rings. The Hall–Kier alpha value is -1.27. The number of nitrogens with one attached hydrogen (secondary N) is 1. The van der Waals surface area contributed by atoms with Crippen molar-refractivity contribution >= 4 is 28.3 Å². The van der Waals surface area contributed by atoms with Gasteiger partial charge < -0.3 is 15.8 Å². The highest BCUT2D eigenvalue weighted by atomic mass is 35.5. The Labute approximate surface area is 171 Å². The van der Waals surface area contributed by atoms with Crippen molar-refractivity contribution in [1.82, 2.24) is 24.6 Å². The molecule has 10 nitrogen and oxygen atoms in total. The monoisotopic (exact) mass is 436 g/mol. The van der Waals surface area contributed by atoms with E-state index in [-0.39, 0.29) is 60.4 Å². The van der Waals surface area contributed by atoms with E-state index in [4.69, 9.17) is 10.5 Å². The second-order valence-electron chi connectivity index (χ2n) is 7.59. The molecule has 3 rings (SSSR count). The van der Waals surface area contributed by atoms with E-state index in [1.807, 2.05) is 0 Å². The van der Waals surface area contributed by atoms with E-state index in [9.17, 15) is 13.2 Å². The molecular weight excluding hydrogens is 408 g/mol. The highest BCUT2D eigenvalue weighted by Gasteiger charge is 2.34. The Morgan fingerprint density at radius 1 is 1.32 bits per heavy atom. The molecular formula is C16H29ClN6O4S. The summed E-state index contributed by atoms with van der Waals surface area (Å²) in [5.41, 5.74) is 6.16. The van der Waals surface area contributed by atoms with Gasteiger partial charge in [0.1, 0.15) is 0 Å². The van der Waals surface area contributed by atoms with Gasteiger partial charge in [0.25, 0.3) is 5.91 Å². The Bertz CT molecular complexity index is 763. The number of carbonyl (C=O) groups excluding carboxylic acids is 1. The van der Waals surface area contributed by atoms with Crippen LogP contribution in [0.1, 0.15) is 42.2 Å². The largest absolute Gasteiger partial charge is 0.379 e. The van der Waals surface area contributed by atoms with Crippen LogP contribution in [0.3, 0.4) is 0 Å².